The molecule has 1 aliphatic rings. The Bertz CT molecular complexity index is 1580. The van der Waals surface area contributed by atoms with Gasteiger partial charge in [-0.2, -0.15) is 0 Å². The van der Waals surface area contributed by atoms with Crippen molar-refractivity contribution in [1.82, 2.24) is 4.98 Å². The number of nitrogens with zero attached hydrogens (tertiary/aromatic N) is 1. The Labute approximate surface area is 201 Å². The maximum atomic E-state index is 6.87. The van der Waals surface area contributed by atoms with Crippen LogP contribution in [0.5, 0.6) is 0 Å². The van der Waals surface area contributed by atoms with Gasteiger partial charge in [-0.25, -0.2) is 0 Å². The molecule has 0 fully saturated rings. The lowest BCUT2D eigenvalue weighted by atomic mass is 9.63. The number of aromatic nitrogens is 1. The fourth-order valence-corrected chi connectivity index (χ4v) is 6.72. The second-order valence-corrected chi connectivity index (χ2v) is 10.5. The second-order valence-electron chi connectivity index (χ2n) is 10.5. The van der Waals surface area contributed by atoms with Gasteiger partial charge < -0.3 is 4.42 Å². The van der Waals surface area contributed by atoms with Gasteiger partial charge in [0.2, 0.25) is 0 Å². The monoisotopic (exact) mass is 445 g/mol. The number of hydrogen-bond donors (Lipinski definition) is 0. The van der Waals surface area contributed by atoms with Gasteiger partial charge in [-0.05, 0) is 65.6 Å². The molecule has 3 aromatic carbocycles. The Morgan fingerprint density at radius 2 is 1.41 bits per heavy atom. The molecule has 2 heteroatoms. The highest BCUT2D eigenvalue weighted by Gasteiger charge is 2.48. The van der Waals surface area contributed by atoms with E-state index in [0.717, 1.165) is 27.8 Å². The lowest BCUT2D eigenvalue weighted by Crippen LogP contribution is -2.37. The number of rotatable bonds is 3. The average molecular weight is 446 g/mol. The minimum absolute atomic E-state index is 0.0318. The molecule has 1 aliphatic carbocycles. The lowest BCUT2D eigenvalue weighted by molar-refractivity contribution is 0.280. The smallest absolute Gasteiger partial charge is 0.145 e. The first-order chi connectivity index (χ1) is 16.4. The van der Waals surface area contributed by atoms with E-state index in [1.807, 2.05) is 12.3 Å². The van der Waals surface area contributed by atoms with E-state index in [-0.39, 0.29) is 5.41 Å². The van der Waals surface area contributed by atoms with E-state index < -0.39 is 0 Å². The number of hydrogen-bond acceptors (Lipinski definition) is 2. The van der Waals surface area contributed by atoms with Crippen molar-refractivity contribution in [3.8, 4) is 22.4 Å². The highest BCUT2D eigenvalue weighted by molar-refractivity contribution is 6.14. The summed E-state index contributed by atoms with van der Waals surface area (Å²) in [4.78, 5) is 4.71. The van der Waals surface area contributed by atoms with Crippen LogP contribution in [0.1, 0.15) is 49.9 Å². The number of aryl methyl sites for hydroxylation is 2. The van der Waals surface area contributed by atoms with Crippen molar-refractivity contribution in [2.75, 3.05) is 0 Å². The molecule has 34 heavy (non-hydrogen) atoms. The van der Waals surface area contributed by atoms with Crippen LogP contribution in [0, 0.1) is 25.7 Å². The van der Waals surface area contributed by atoms with Gasteiger partial charge in [0, 0.05) is 33.5 Å². The molecule has 0 aliphatic heterocycles. The van der Waals surface area contributed by atoms with Gasteiger partial charge in [0.1, 0.15) is 11.2 Å². The minimum atomic E-state index is -0.0318. The standard InChI is InChI=1S/C32H31NO/c1-18(2)32(19(3)4)25-10-8-7-9-24(25)29-26(32)14-13-23-22-12-11-21(6)28(30(22)34-31(23)29)27-17-20(5)15-16-33-27/h7-19H,1-6H3. The first-order valence-corrected chi connectivity index (χ1v) is 12.4. The van der Waals surface area contributed by atoms with Crippen LogP contribution in [0.2, 0.25) is 0 Å². The highest BCUT2D eigenvalue weighted by Crippen LogP contribution is 2.58. The lowest BCUT2D eigenvalue weighted by Gasteiger charge is -2.40. The van der Waals surface area contributed by atoms with Crippen molar-refractivity contribution in [3.05, 3.63) is 89.1 Å². The van der Waals surface area contributed by atoms with Crippen molar-refractivity contribution in [1.29, 1.82) is 0 Å². The normalized spacial score (nSPS) is 14.4. The summed E-state index contributed by atoms with van der Waals surface area (Å²) in [5.41, 5.74) is 11.8. The zero-order valence-electron chi connectivity index (χ0n) is 20.9. The van der Waals surface area contributed by atoms with Crippen molar-refractivity contribution >= 4 is 21.9 Å². The van der Waals surface area contributed by atoms with E-state index >= 15 is 0 Å². The molecule has 0 unspecified atom stereocenters. The highest BCUT2D eigenvalue weighted by atomic mass is 16.3. The van der Waals surface area contributed by atoms with Crippen LogP contribution in [-0.2, 0) is 5.41 Å². The third kappa shape index (κ3) is 2.60. The quantitative estimate of drug-likeness (QED) is 0.277. The van der Waals surface area contributed by atoms with Crippen molar-refractivity contribution in [2.24, 2.45) is 11.8 Å². The predicted octanol–water partition coefficient (Wildman–Crippen LogP) is 8.84. The molecule has 2 nitrogen and oxygen atoms in total. The molecule has 5 aromatic rings. The Morgan fingerprint density at radius 3 is 2.12 bits per heavy atom. The molecular weight excluding hydrogens is 414 g/mol. The molecule has 0 spiro atoms. The van der Waals surface area contributed by atoms with E-state index in [1.165, 1.54) is 38.8 Å². The predicted molar refractivity (Wildman–Crippen MR) is 142 cm³/mol. The maximum absolute atomic E-state index is 6.87. The van der Waals surface area contributed by atoms with Gasteiger partial charge >= 0.3 is 0 Å². The number of pyridine rings is 1. The summed E-state index contributed by atoms with van der Waals surface area (Å²) in [6, 6.07) is 22.2. The van der Waals surface area contributed by atoms with Crippen molar-refractivity contribution < 1.29 is 4.42 Å². The van der Waals surface area contributed by atoms with Gasteiger partial charge in [-0.15, -0.1) is 0 Å². The molecule has 170 valence electrons. The van der Waals surface area contributed by atoms with Gasteiger partial charge in [-0.1, -0.05) is 76.2 Å². The molecule has 0 N–H and O–H groups in total. The van der Waals surface area contributed by atoms with E-state index in [1.54, 1.807) is 0 Å². The third-order valence-electron chi connectivity index (χ3n) is 8.10. The summed E-state index contributed by atoms with van der Waals surface area (Å²) in [7, 11) is 0. The summed E-state index contributed by atoms with van der Waals surface area (Å²) in [5, 5.41) is 2.34. The summed E-state index contributed by atoms with van der Waals surface area (Å²) in [6.07, 6.45) is 1.89. The Hall–Kier alpha value is -3.39. The van der Waals surface area contributed by atoms with E-state index in [2.05, 4.69) is 96.1 Å². The van der Waals surface area contributed by atoms with E-state index in [0.29, 0.717) is 11.8 Å². The van der Waals surface area contributed by atoms with Gasteiger partial charge in [0.15, 0.2) is 0 Å². The van der Waals surface area contributed by atoms with Crippen LogP contribution in [0.15, 0.2) is 71.3 Å². The van der Waals surface area contributed by atoms with Crippen LogP contribution in [0.3, 0.4) is 0 Å². The van der Waals surface area contributed by atoms with E-state index in [4.69, 9.17) is 9.40 Å². The molecule has 0 atom stereocenters. The zero-order valence-corrected chi connectivity index (χ0v) is 20.9. The third-order valence-corrected chi connectivity index (χ3v) is 8.10. The van der Waals surface area contributed by atoms with E-state index in [9.17, 15) is 0 Å². The van der Waals surface area contributed by atoms with Crippen LogP contribution < -0.4 is 0 Å². The maximum Gasteiger partial charge on any atom is 0.145 e. The summed E-state index contributed by atoms with van der Waals surface area (Å²) >= 11 is 0. The van der Waals surface area contributed by atoms with Crippen LogP contribution in [-0.4, -0.2) is 4.98 Å². The summed E-state index contributed by atoms with van der Waals surface area (Å²) < 4.78 is 6.87. The van der Waals surface area contributed by atoms with Crippen molar-refractivity contribution in [2.45, 2.75) is 47.0 Å². The molecule has 2 aromatic heterocycles. The SMILES string of the molecule is Cc1ccnc(-c2c(C)ccc3c2oc2c4c(ccc23)C(C(C)C)(C(C)C)c2ccccc2-4)c1. The molecular formula is C32H31NO. The molecule has 0 amide bonds. The first-order valence-electron chi connectivity index (χ1n) is 12.4. The van der Waals surface area contributed by atoms with Gasteiger partial charge in [0.05, 0.1) is 5.69 Å². The number of benzene rings is 3. The average Bonchev–Trinajstić information content (AvgIpc) is 3.32. The van der Waals surface area contributed by atoms with Crippen molar-refractivity contribution in [3.63, 3.8) is 0 Å². The van der Waals surface area contributed by atoms with Gasteiger partial charge in [0.25, 0.3) is 0 Å². The fraction of sp³-hybridized carbons (Fsp3) is 0.281. The molecule has 0 bridgehead atoms. The number of furan rings is 1. The molecule has 2 heterocycles. The topological polar surface area (TPSA) is 26.0 Å². The van der Waals surface area contributed by atoms with Crippen LogP contribution >= 0.6 is 0 Å². The Kier molecular flexibility index (Phi) is 4.55. The Morgan fingerprint density at radius 1 is 0.735 bits per heavy atom. The molecule has 0 radical (unpaired) electrons. The largest absolute Gasteiger partial charge is 0.455 e. The molecule has 6 rings (SSSR count). The van der Waals surface area contributed by atoms with Gasteiger partial charge in [-0.3, -0.25) is 4.98 Å². The summed E-state index contributed by atoms with van der Waals surface area (Å²) in [6.45, 7) is 13.7. The molecule has 0 saturated heterocycles. The zero-order chi connectivity index (χ0) is 23.8. The first kappa shape index (κ1) is 21.2. The van der Waals surface area contributed by atoms with Crippen LogP contribution in [0.4, 0.5) is 0 Å². The second kappa shape index (κ2) is 7.30. The Balaban J connectivity index is 1.76. The minimum Gasteiger partial charge on any atom is -0.455 e. The number of fused-ring (bicyclic) bond motifs is 7. The van der Waals surface area contributed by atoms with Crippen LogP contribution in [0.25, 0.3) is 44.3 Å². The summed E-state index contributed by atoms with van der Waals surface area (Å²) in [5.74, 6) is 0.928. The fourth-order valence-electron chi connectivity index (χ4n) is 6.72. The molecule has 0 saturated carbocycles.